The molecule has 0 fully saturated rings. The van der Waals surface area contributed by atoms with E-state index in [2.05, 4.69) is 54.2 Å². The van der Waals surface area contributed by atoms with Gasteiger partial charge in [0.1, 0.15) is 0 Å². The Morgan fingerprint density at radius 1 is 1.37 bits per heavy atom. The second-order valence-electron chi connectivity index (χ2n) is 5.38. The van der Waals surface area contributed by atoms with Crippen LogP contribution < -0.4 is 5.32 Å². The maximum Gasteiger partial charge on any atom is 0.0738 e. The Bertz CT molecular complexity index is 387. The van der Waals surface area contributed by atoms with Crippen molar-refractivity contribution in [2.75, 3.05) is 7.05 Å². The summed E-state index contributed by atoms with van der Waals surface area (Å²) in [5, 5.41) is 8.00. The van der Waals surface area contributed by atoms with E-state index in [0.29, 0.717) is 6.04 Å². The predicted molar refractivity (Wildman–Crippen MR) is 85.5 cm³/mol. The smallest absolute Gasteiger partial charge is 0.0738 e. The number of hydrogen-bond acceptors (Lipinski definition) is 2. The first-order valence-corrected chi connectivity index (χ1v) is 8.19. The van der Waals surface area contributed by atoms with Crippen LogP contribution in [0.4, 0.5) is 0 Å². The monoisotopic (exact) mass is 329 g/mol. The van der Waals surface area contributed by atoms with Crippen molar-refractivity contribution >= 4 is 15.9 Å². The molecule has 1 rings (SSSR count). The van der Waals surface area contributed by atoms with Gasteiger partial charge in [0, 0.05) is 19.5 Å². The van der Waals surface area contributed by atoms with Gasteiger partial charge < -0.3 is 5.32 Å². The molecule has 0 bridgehead atoms. The lowest BCUT2D eigenvalue weighted by atomic mass is 9.88. The van der Waals surface area contributed by atoms with E-state index >= 15 is 0 Å². The van der Waals surface area contributed by atoms with Crippen LogP contribution in [0.3, 0.4) is 0 Å². The van der Waals surface area contributed by atoms with Crippen molar-refractivity contribution in [3.63, 3.8) is 0 Å². The van der Waals surface area contributed by atoms with E-state index in [1.807, 2.05) is 11.7 Å². The molecule has 0 aliphatic heterocycles. The van der Waals surface area contributed by atoms with Gasteiger partial charge in [-0.2, -0.15) is 5.10 Å². The van der Waals surface area contributed by atoms with E-state index < -0.39 is 0 Å². The molecule has 2 atom stereocenters. The van der Waals surface area contributed by atoms with Crippen molar-refractivity contribution < 1.29 is 0 Å². The minimum atomic E-state index is 0.530. The maximum atomic E-state index is 4.49. The van der Waals surface area contributed by atoms with Crippen LogP contribution in [0.5, 0.6) is 0 Å². The van der Waals surface area contributed by atoms with E-state index in [4.69, 9.17) is 0 Å². The van der Waals surface area contributed by atoms with Crippen molar-refractivity contribution in [1.82, 2.24) is 15.1 Å². The average molecular weight is 330 g/mol. The first kappa shape index (κ1) is 16.7. The van der Waals surface area contributed by atoms with Gasteiger partial charge in [0.05, 0.1) is 15.9 Å². The van der Waals surface area contributed by atoms with Crippen LogP contribution in [0.2, 0.25) is 0 Å². The molecule has 0 amide bonds. The number of rotatable bonds is 8. The predicted octanol–water partition coefficient (Wildman–Crippen LogP) is 3.84. The SMILES string of the molecule is CCCCC(CC)C(Cc1c(Br)c(C)nn1C)NC. The van der Waals surface area contributed by atoms with Crippen LogP contribution >= 0.6 is 15.9 Å². The van der Waals surface area contributed by atoms with Crippen LogP contribution in [0.1, 0.15) is 50.9 Å². The second-order valence-corrected chi connectivity index (χ2v) is 6.17. The maximum absolute atomic E-state index is 4.49. The number of aryl methyl sites for hydroxylation is 2. The molecule has 19 heavy (non-hydrogen) atoms. The molecule has 0 aromatic carbocycles. The van der Waals surface area contributed by atoms with Gasteiger partial charge in [-0.15, -0.1) is 0 Å². The van der Waals surface area contributed by atoms with Crippen molar-refractivity contribution in [3.8, 4) is 0 Å². The van der Waals surface area contributed by atoms with Gasteiger partial charge in [-0.1, -0.05) is 33.1 Å². The average Bonchev–Trinajstić information content (AvgIpc) is 2.64. The molecule has 1 aromatic heterocycles. The Labute approximate surface area is 126 Å². The number of hydrogen-bond donors (Lipinski definition) is 1. The van der Waals surface area contributed by atoms with Gasteiger partial charge in [-0.3, -0.25) is 4.68 Å². The van der Waals surface area contributed by atoms with E-state index in [9.17, 15) is 0 Å². The Morgan fingerprint density at radius 3 is 2.47 bits per heavy atom. The number of nitrogens with one attached hydrogen (secondary N) is 1. The summed E-state index contributed by atoms with van der Waals surface area (Å²) in [6, 6.07) is 0.530. The standard InChI is InChI=1S/C15H28BrN3/c1-6-8-9-12(7-2)13(17-4)10-14-15(16)11(3)18-19(14)5/h12-13,17H,6-10H2,1-5H3. The minimum Gasteiger partial charge on any atom is -0.316 e. The molecule has 0 aliphatic rings. The molecule has 0 saturated carbocycles. The van der Waals surface area contributed by atoms with Crippen molar-refractivity contribution in [2.45, 2.75) is 58.9 Å². The molecule has 110 valence electrons. The fourth-order valence-corrected chi connectivity index (χ4v) is 3.27. The zero-order valence-corrected chi connectivity index (χ0v) is 14.5. The first-order valence-electron chi connectivity index (χ1n) is 7.40. The van der Waals surface area contributed by atoms with Gasteiger partial charge in [0.15, 0.2) is 0 Å². The first-order chi connectivity index (χ1) is 9.04. The van der Waals surface area contributed by atoms with Crippen LogP contribution in [0, 0.1) is 12.8 Å². The lowest BCUT2D eigenvalue weighted by molar-refractivity contribution is 0.326. The fourth-order valence-electron chi connectivity index (χ4n) is 2.77. The quantitative estimate of drug-likeness (QED) is 0.785. The highest BCUT2D eigenvalue weighted by Gasteiger charge is 2.22. The van der Waals surface area contributed by atoms with E-state index in [0.717, 1.165) is 18.0 Å². The lowest BCUT2D eigenvalue weighted by Gasteiger charge is -2.26. The van der Waals surface area contributed by atoms with Crippen LogP contribution in [-0.2, 0) is 13.5 Å². The van der Waals surface area contributed by atoms with Crippen LogP contribution in [0.25, 0.3) is 0 Å². The zero-order valence-electron chi connectivity index (χ0n) is 13.0. The summed E-state index contributed by atoms with van der Waals surface area (Å²) in [5.41, 5.74) is 2.38. The number of halogens is 1. The zero-order chi connectivity index (χ0) is 14.4. The molecule has 4 heteroatoms. The summed E-state index contributed by atoms with van der Waals surface area (Å²) in [4.78, 5) is 0. The Morgan fingerprint density at radius 2 is 2.05 bits per heavy atom. The third-order valence-electron chi connectivity index (χ3n) is 4.07. The van der Waals surface area contributed by atoms with Crippen LogP contribution in [-0.4, -0.2) is 22.9 Å². The summed E-state index contributed by atoms with van der Waals surface area (Å²) < 4.78 is 3.18. The molecule has 0 radical (unpaired) electrons. The van der Waals surface area contributed by atoms with Gasteiger partial charge in [0.2, 0.25) is 0 Å². The van der Waals surface area contributed by atoms with E-state index in [-0.39, 0.29) is 0 Å². The Hall–Kier alpha value is -0.350. The summed E-state index contributed by atoms with van der Waals surface area (Å²) in [6.07, 6.45) is 6.19. The third kappa shape index (κ3) is 4.32. The van der Waals surface area contributed by atoms with Crippen molar-refractivity contribution in [3.05, 3.63) is 15.9 Å². The molecular formula is C15H28BrN3. The minimum absolute atomic E-state index is 0.530. The molecule has 2 unspecified atom stereocenters. The molecule has 0 saturated heterocycles. The largest absolute Gasteiger partial charge is 0.316 e. The molecular weight excluding hydrogens is 302 g/mol. The molecule has 0 aliphatic carbocycles. The highest BCUT2D eigenvalue weighted by Crippen LogP contribution is 2.25. The van der Waals surface area contributed by atoms with Gasteiger partial charge in [-0.25, -0.2) is 0 Å². The highest BCUT2D eigenvalue weighted by atomic mass is 79.9. The summed E-state index contributed by atoms with van der Waals surface area (Å²) in [6.45, 7) is 6.62. The Balaban J connectivity index is 2.79. The summed E-state index contributed by atoms with van der Waals surface area (Å²) in [7, 11) is 4.11. The summed E-state index contributed by atoms with van der Waals surface area (Å²) in [5.74, 6) is 0.743. The lowest BCUT2D eigenvalue weighted by Crippen LogP contribution is -2.36. The van der Waals surface area contributed by atoms with Crippen molar-refractivity contribution in [2.24, 2.45) is 13.0 Å². The van der Waals surface area contributed by atoms with E-state index in [1.165, 1.54) is 35.8 Å². The molecule has 1 N–H and O–H groups in total. The second kappa shape index (κ2) is 8.05. The fraction of sp³-hybridized carbons (Fsp3) is 0.800. The van der Waals surface area contributed by atoms with E-state index in [1.54, 1.807) is 0 Å². The number of unbranched alkanes of at least 4 members (excludes halogenated alkanes) is 1. The molecule has 3 nitrogen and oxygen atoms in total. The normalized spacial score (nSPS) is 14.6. The highest BCUT2D eigenvalue weighted by molar-refractivity contribution is 9.10. The molecule has 1 heterocycles. The Kier molecular flexibility index (Phi) is 7.08. The molecule has 0 spiro atoms. The molecule has 1 aromatic rings. The number of aromatic nitrogens is 2. The summed E-state index contributed by atoms with van der Waals surface area (Å²) >= 11 is 3.67. The topological polar surface area (TPSA) is 29.9 Å². The third-order valence-corrected chi connectivity index (χ3v) is 5.10. The van der Waals surface area contributed by atoms with Crippen LogP contribution in [0.15, 0.2) is 4.47 Å². The van der Waals surface area contributed by atoms with Crippen molar-refractivity contribution in [1.29, 1.82) is 0 Å². The van der Waals surface area contributed by atoms with Gasteiger partial charge in [-0.05, 0) is 42.2 Å². The number of nitrogens with zero attached hydrogens (tertiary/aromatic N) is 2. The van der Waals surface area contributed by atoms with Gasteiger partial charge >= 0.3 is 0 Å². The number of likely N-dealkylation sites (N-methyl/N-ethyl adjacent to an activating group) is 1. The van der Waals surface area contributed by atoms with Gasteiger partial charge in [0.25, 0.3) is 0 Å².